The number of hydrogen-bond donors (Lipinski definition) is 0. The number of esters is 1. The minimum Gasteiger partial charge on any atom is -0.465 e. The number of thiophene rings is 1. The molecule has 0 amide bonds. The van der Waals surface area contributed by atoms with E-state index >= 15 is 0 Å². The lowest BCUT2D eigenvalue weighted by Gasteiger charge is -2.12. The molecule has 24 heavy (non-hydrogen) atoms. The predicted octanol–water partition coefficient (Wildman–Crippen LogP) is 2.10. The maximum Gasteiger partial charge on any atom is 0.348 e. The zero-order valence-corrected chi connectivity index (χ0v) is 13.9. The second-order valence-corrected chi connectivity index (χ2v) is 6.55. The molecule has 0 atom stereocenters. The van der Waals surface area contributed by atoms with Crippen LogP contribution in [0, 0.1) is 0 Å². The molecule has 0 saturated heterocycles. The molecule has 0 N–H and O–H groups in total. The molecule has 0 aromatic carbocycles. The Morgan fingerprint density at radius 1 is 1.38 bits per heavy atom. The third kappa shape index (κ3) is 2.60. The summed E-state index contributed by atoms with van der Waals surface area (Å²) < 4.78 is 12.0. The van der Waals surface area contributed by atoms with Crippen molar-refractivity contribution in [3.63, 3.8) is 0 Å². The van der Waals surface area contributed by atoms with Crippen LogP contribution in [0.25, 0.3) is 10.8 Å². The second-order valence-electron chi connectivity index (χ2n) is 5.53. The van der Waals surface area contributed by atoms with Crippen molar-refractivity contribution in [3.05, 3.63) is 34.2 Å². The van der Waals surface area contributed by atoms with Crippen LogP contribution in [-0.2, 0) is 24.1 Å². The van der Waals surface area contributed by atoms with E-state index in [-0.39, 0.29) is 5.97 Å². The van der Waals surface area contributed by atoms with Gasteiger partial charge in [0.15, 0.2) is 5.82 Å². The van der Waals surface area contributed by atoms with Gasteiger partial charge < -0.3 is 9.26 Å². The fourth-order valence-corrected chi connectivity index (χ4v) is 4.17. The Bertz CT molecular complexity index is 868. The van der Waals surface area contributed by atoms with E-state index in [2.05, 4.69) is 20.5 Å². The molecular formula is C15H15N5O3S. The number of hydrogen-bond acceptors (Lipinski definition) is 8. The minimum absolute atomic E-state index is 0.299. The van der Waals surface area contributed by atoms with Gasteiger partial charge >= 0.3 is 5.97 Å². The number of aromatic nitrogens is 5. The molecule has 0 spiro atoms. The minimum atomic E-state index is -0.299. The standard InChI is InChI=1S/C15H15N5O3S/c1-22-15(21)13-10-5-3-2-4-9(10)12(24-13)14-17-11(18-23-14)8-20-7-6-16-19-20/h6-7H,2-5,8H2,1H3. The lowest BCUT2D eigenvalue weighted by molar-refractivity contribution is 0.0605. The summed E-state index contributed by atoms with van der Waals surface area (Å²) >= 11 is 1.38. The Morgan fingerprint density at radius 2 is 2.21 bits per heavy atom. The van der Waals surface area contributed by atoms with Gasteiger partial charge in [0.25, 0.3) is 5.89 Å². The quantitative estimate of drug-likeness (QED) is 0.668. The summed E-state index contributed by atoms with van der Waals surface area (Å²) in [7, 11) is 1.40. The van der Waals surface area contributed by atoms with Crippen molar-refractivity contribution in [3.8, 4) is 10.8 Å². The molecule has 0 bridgehead atoms. The highest BCUT2D eigenvalue weighted by atomic mass is 32.1. The number of rotatable bonds is 4. The lowest BCUT2D eigenvalue weighted by atomic mass is 9.92. The van der Waals surface area contributed by atoms with Gasteiger partial charge in [-0.05, 0) is 36.8 Å². The first-order chi connectivity index (χ1) is 11.8. The number of carbonyl (C=O) groups excluding carboxylic acids is 1. The van der Waals surface area contributed by atoms with Crippen molar-refractivity contribution >= 4 is 17.3 Å². The Morgan fingerprint density at radius 3 is 2.96 bits per heavy atom. The van der Waals surface area contributed by atoms with Crippen molar-refractivity contribution in [1.82, 2.24) is 25.1 Å². The molecule has 0 radical (unpaired) electrons. The molecular weight excluding hydrogens is 330 g/mol. The van der Waals surface area contributed by atoms with Crippen LogP contribution in [0.3, 0.4) is 0 Å². The van der Waals surface area contributed by atoms with Crippen molar-refractivity contribution < 1.29 is 14.1 Å². The van der Waals surface area contributed by atoms with Crippen LogP contribution in [0.15, 0.2) is 16.9 Å². The van der Waals surface area contributed by atoms with Gasteiger partial charge in [0.2, 0.25) is 0 Å². The van der Waals surface area contributed by atoms with Crippen molar-refractivity contribution in [2.45, 2.75) is 32.2 Å². The Hall–Kier alpha value is -2.55. The normalized spacial score (nSPS) is 13.7. The van der Waals surface area contributed by atoms with Crippen molar-refractivity contribution in [1.29, 1.82) is 0 Å². The zero-order chi connectivity index (χ0) is 16.5. The van der Waals surface area contributed by atoms with E-state index in [1.165, 1.54) is 18.4 Å². The van der Waals surface area contributed by atoms with Crippen molar-refractivity contribution in [2.24, 2.45) is 0 Å². The van der Waals surface area contributed by atoms with E-state index in [4.69, 9.17) is 9.26 Å². The van der Waals surface area contributed by atoms with Gasteiger partial charge in [-0.3, -0.25) is 0 Å². The molecule has 9 heteroatoms. The summed E-state index contributed by atoms with van der Waals surface area (Å²) in [6, 6.07) is 0. The summed E-state index contributed by atoms with van der Waals surface area (Å²) in [5.41, 5.74) is 2.21. The van der Waals surface area contributed by atoms with Gasteiger partial charge in [-0.15, -0.1) is 16.4 Å². The molecule has 0 unspecified atom stereocenters. The van der Waals surface area contributed by atoms with E-state index in [1.54, 1.807) is 17.1 Å². The highest BCUT2D eigenvalue weighted by Crippen LogP contribution is 2.40. The van der Waals surface area contributed by atoms with Crippen LogP contribution in [0.5, 0.6) is 0 Å². The molecule has 0 aliphatic heterocycles. The predicted molar refractivity (Wildman–Crippen MR) is 84.7 cm³/mol. The molecule has 0 fully saturated rings. The maximum atomic E-state index is 12.0. The molecule has 3 aromatic heterocycles. The monoisotopic (exact) mass is 345 g/mol. The van der Waals surface area contributed by atoms with Gasteiger partial charge in [0, 0.05) is 6.20 Å². The first-order valence-electron chi connectivity index (χ1n) is 7.66. The van der Waals surface area contributed by atoms with Crippen LogP contribution in [-0.4, -0.2) is 38.2 Å². The van der Waals surface area contributed by atoms with Gasteiger partial charge in [0.05, 0.1) is 18.2 Å². The zero-order valence-electron chi connectivity index (χ0n) is 13.1. The number of methoxy groups -OCH3 is 1. The second kappa shape index (κ2) is 6.16. The lowest BCUT2D eigenvalue weighted by Crippen LogP contribution is -2.07. The number of nitrogens with zero attached hydrogens (tertiary/aromatic N) is 5. The van der Waals surface area contributed by atoms with Gasteiger partial charge in [-0.25, -0.2) is 9.48 Å². The van der Waals surface area contributed by atoms with Gasteiger partial charge in [0.1, 0.15) is 11.4 Å². The van der Waals surface area contributed by atoms with E-state index in [0.29, 0.717) is 23.1 Å². The SMILES string of the molecule is COC(=O)c1sc(-c2nc(Cn3ccnn3)no2)c2c1CCCC2. The van der Waals surface area contributed by atoms with E-state index in [9.17, 15) is 4.79 Å². The number of carbonyl (C=O) groups is 1. The molecule has 1 aliphatic carbocycles. The average Bonchev–Trinajstić information content (AvgIpc) is 3.34. The van der Waals surface area contributed by atoms with E-state index < -0.39 is 0 Å². The van der Waals surface area contributed by atoms with Crippen LogP contribution in [0.1, 0.15) is 39.5 Å². The molecule has 124 valence electrons. The van der Waals surface area contributed by atoms with Crippen LogP contribution >= 0.6 is 11.3 Å². The fourth-order valence-electron chi connectivity index (χ4n) is 2.93. The Labute approximate surface area is 141 Å². The van der Waals surface area contributed by atoms with E-state index in [1.807, 2.05) is 0 Å². The van der Waals surface area contributed by atoms with Crippen LogP contribution in [0.2, 0.25) is 0 Å². The third-order valence-electron chi connectivity index (χ3n) is 4.03. The average molecular weight is 345 g/mol. The first kappa shape index (κ1) is 15.0. The molecule has 0 saturated carbocycles. The molecule has 4 rings (SSSR count). The van der Waals surface area contributed by atoms with Crippen molar-refractivity contribution in [2.75, 3.05) is 7.11 Å². The van der Waals surface area contributed by atoms with Gasteiger partial charge in [-0.1, -0.05) is 10.4 Å². The van der Waals surface area contributed by atoms with Crippen LogP contribution < -0.4 is 0 Å². The smallest absolute Gasteiger partial charge is 0.348 e. The summed E-state index contributed by atoms with van der Waals surface area (Å²) in [6.45, 7) is 0.390. The fraction of sp³-hybridized carbons (Fsp3) is 0.400. The van der Waals surface area contributed by atoms with E-state index in [0.717, 1.165) is 41.7 Å². The van der Waals surface area contributed by atoms with Crippen LogP contribution in [0.4, 0.5) is 0 Å². The number of ether oxygens (including phenoxy) is 1. The highest BCUT2D eigenvalue weighted by Gasteiger charge is 2.28. The highest BCUT2D eigenvalue weighted by molar-refractivity contribution is 7.17. The summed E-state index contributed by atoms with van der Waals surface area (Å²) in [4.78, 5) is 18.0. The number of fused-ring (bicyclic) bond motifs is 1. The third-order valence-corrected chi connectivity index (χ3v) is 5.27. The largest absolute Gasteiger partial charge is 0.465 e. The molecule has 1 aliphatic rings. The van der Waals surface area contributed by atoms with Gasteiger partial charge in [-0.2, -0.15) is 4.98 Å². The topological polar surface area (TPSA) is 95.9 Å². The molecule has 8 nitrogen and oxygen atoms in total. The summed E-state index contributed by atoms with van der Waals surface area (Å²) in [5.74, 6) is 0.670. The Balaban J connectivity index is 1.70. The summed E-state index contributed by atoms with van der Waals surface area (Å²) in [6.07, 6.45) is 7.30. The maximum absolute atomic E-state index is 12.0. The molecule has 3 aromatic rings. The Kier molecular flexibility index (Phi) is 3.85. The molecule has 3 heterocycles. The summed E-state index contributed by atoms with van der Waals surface area (Å²) in [5, 5.41) is 11.6. The first-order valence-corrected chi connectivity index (χ1v) is 8.48.